The van der Waals surface area contributed by atoms with Gasteiger partial charge in [-0.2, -0.15) is 0 Å². The highest BCUT2D eigenvalue weighted by Gasteiger charge is 2.17. The standard InChI is InChI=1S/C11H22ClNO2/c1-2-13(6-9-14-8-5-12)10-11-4-3-7-15-11/h11H,2-10H2,1H3. The minimum absolute atomic E-state index is 0.443. The molecule has 0 aromatic rings. The first-order valence-electron chi connectivity index (χ1n) is 5.84. The third-order valence-electron chi connectivity index (χ3n) is 2.71. The van der Waals surface area contributed by atoms with Crippen LogP contribution >= 0.6 is 11.6 Å². The maximum absolute atomic E-state index is 5.61. The average molecular weight is 236 g/mol. The van der Waals surface area contributed by atoms with Gasteiger partial charge in [-0.1, -0.05) is 6.92 Å². The monoisotopic (exact) mass is 235 g/mol. The van der Waals surface area contributed by atoms with Crippen LogP contribution < -0.4 is 0 Å². The van der Waals surface area contributed by atoms with Crippen LogP contribution in [0.25, 0.3) is 0 Å². The van der Waals surface area contributed by atoms with Crippen LogP contribution in [0.5, 0.6) is 0 Å². The van der Waals surface area contributed by atoms with Crippen molar-refractivity contribution in [3.8, 4) is 0 Å². The largest absolute Gasteiger partial charge is 0.379 e. The van der Waals surface area contributed by atoms with E-state index in [2.05, 4.69) is 11.8 Å². The number of ether oxygens (including phenoxy) is 2. The van der Waals surface area contributed by atoms with Crippen LogP contribution in [0.3, 0.4) is 0 Å². The molecule has 1 heterocycles. The van der Waals surface area contributed by atoms with Gasteiger partial charge in [-0.05, 0) is 19.4 Å². The Kier molecular flexibility index (Phi) is 7.36. The highest BCUT2D eigenvalue weighted by atomic mass is 35.5. The van der Waals surface area contributed by atoms with Gasteiger partial charge in [0, 0.05) is 25.6 Å². The molecule has 1 aliphatic heterocycles. The van der Waals surface area contributed by atoms with E-state index in [1.807, 2.05) is 0 Å². The van der Waals surface area contributed by atoms with Gasteiger partial charge in [0.25, 0.3) is 0 Å². The summed E-state index contributed by atoms with van der Waals surface area (Å²) in [5.74, 6) is 0.581. The van der Waals surface area contributed by atoms with Gasteiger partial charge in [-0.3, -0.25) is 4.90 Å². The first-order valence-corrected chi connectivity index (χ1v) is 6.38. The van der Waals surface area contributed by atoms with Crippen molar-refractivity contribution in [1.29, 1.82) is 0 Å². The van der Waals surface area contributed by atoms with E-state index < -0.39 is 0 Å². The number of rotatable bonds is 8. The SMILES string of the molecule is CCN(CCOCCCl)CC1CCCO1. The molecular weight excluding hydrogens is 214 g/mol. The Morgan fingerprint density at radius 1 is 1.47 bits per heavy atom. The second kappa shape index (κ2) is 8.34. The van der Waals surface area contributed by atoms with E-state index in [0.717, 1.165) is 32.8 Å². The molecule has 1 aliphatic rings. The molecule has 1 fully saturated rings. The summed E-state index contributed by atoms with van der Waals surface area (Å²) in [5.41, 5.74) is 0. The van der Waals surface area contributed by atoms with Crippen molar-refractivity contribution in [2.75, 3.05) is 45.3 Å². The fourth-order valence-corrected chi connectivity index (χ4v) is 1.91. The highest BCUT2D eigenvalue weighted by Crippen LogP contribution is 2.12. The van der Waals surface area contributed by atoms with Crippen molar-refractivity contribution in [3.63, 3.8) is 0 Å². The molecule has 0 N–H and O–H groups in total. The number of hydrogen-bond donors (Lipinski definition) is 0. The van der Waals surface area contributed by atoms with E-state index in [9.17, 15) is 0 Å². The maximum atomic E-state index is 5.61. The van der Waals surface area contributed by atoms with Crippen LogP contribution in [-0.4, -0.2) is 56.3 Å². The molecule has 0 amide bonds. The number of alkyl halides is 1. The van der Waals surface area contributed by atoms with Crippen molar-refractivity contribution in [3.05, 3.63) is 0 Å². The zero-order chi connectivity index (χ0) is 10.9. The molecule has 90 valence electrons. The molecule has 4 heteroatoms. The minimum Gasteiger partial charge on any atom is -0.379 e. The van der Waals surface area contributed by atoms with Crippen LogP contribution in [0.15, 0.2) is 0 Å². The lowest BCUT2D eigenvalue weighted by Crippen LogP contribution is -2.34. The van der Waals surface area contributed by atoms with E-state index in [-0.39, 0.29) is 0 Å². The third-order valence-corrected chi connectivity index (χ3v) is 2.86. The van der Waals surface area contributed by atoms with Crippen LogP contribution in [0.1, 0.15) is 19.8 Å². The Balaban J connectivity index is 2.06. The molecule has 0 bridgehead atoms. The van der Waals surface area contributed by atoms with E-state index in [1.54, 1.807) is 0 Å². The minimum atomic E-state index is 0.443. The first kappa shape index (κ1) is 13.2. The topological polar surface area (TPSA) is 21.7 Å². The summed E-state index contributed by atoms with van der Waals surface area (Å²) in [6.45, 7) is 7.62. The number of hydrogen-bond acceptors (Lipinski definition) is 3. The summed E-state index contributed by atoms with van der Waals surface area (Å²) < 4.78 is 11.0. The predicted molar refractivity (Wildman–Crippen MR) is 62.6 cm³/mol. The van der Waals surface area contributed by atoms with Gasteiger partial charge in [0.2, 0.25) is 0 Å². The van der Waals surface area contributed by atoms with Crippen molar-refractivity contribution >= 4 is 11.6 Å². The Bertz CT molecular complexity index is 152. The van der Waals surface area contributed by atoms with Gasteiger partial charge in [0.15, 0.2) is 0 Å². The Morgan fingerprint density at radius 3 is 2.93 bits per heavy atom. The first-order chi connectivity index (χ1) is 7.36. The van der Waals surface area contributed by atoms with Crippen molar-refractivity contribution < 1.29 is 9.47 Å². The number of halogens is 1. The van der Waals surface area contributed by atoms with E-state index in [1.165, 1.54) is 12.8 Å². The summed E-state index contributed by atoms with van der Waals surface area (Å²) in [4.78, 5) is 2.38. The van der Waals surface area contributed by atoms with Crippen molar-refractivity contribution in [2.24, 2.45) is 0 Å². The highest BCUT2D eigenvalue weighted by molar-refractivity contribution is 6.17. The van der Waals surface area contributed by atoms with Crippen LogP contribution in [0.2, 0.25) is 0 Å². The summed E-state index contributed by atoms with van der Waals surface area (Å²) in [5, 5.41) is 0. The smallest absolute Gasteiger partial charge is 0.0702 e. The molecule has 0 saturated carbocycles. The van der Waals surface area contributed by atoms with Crippen LogP contribution in [0, 0.1) is 0 Å². The molecule has 1 saturated heterocycles. The molecular formula is C11H22ClNO2. The molecule has 0 aromatic carbocycles. The summed E-state index contributed by atoms with van der Waals surface area (Å²) in [7, 11) is 0. The Hall–Kier alpha value is 0.170. The summed E-state index contributed by atoms with van der Waals surface area (Å²) in [6.07, 6.45) is 2.86. The molecule has 3 nitrogen and oxygen atoms in total. The van der Waals surface area contributed by atoms with Gasteiger partial charge < -0.3 is 9.47 Å². The van der Waals surface area contributed by atoms with Gasteiger partial charge in [-0.15, -0.1) is 11.6 Å². The van der Waals surface area contributed by atoms with Crippen LogP contribution in [0.4, 0.5) is 0 Å². The molecule has 15 heavy (non-hydrogen) atoms. The molecule has 0 aliphatic carbocycles. The fraction of sp³-hybridized carbons (Fsp3) is 1.00. The number of nitrogens with zero attached hydrogens (tertiary/aromatic N) is 1. The van der Waals surface area contributed by atoms with Crippen molar-refractivity contribution in [2.45, 2.75) is 25.9 Å². The van der Waals surface area contributed by atoms with Gasteiger partial charge in [-0.25, -0.2) is 0 Å². The Morgan fingerprint density at radius 2 is 2.33 bits per heavy atom. The zero-order valence-electron chi connectivity index (χ0n) is 9.58. The quantitative estimate of drug-likeness (QED) is 0.473. The van der Waals surface area contributed by atoms with Crippen LogP contribution in [-0.2, 0) is 9.47 Å². The molecule has 1 atom stereocenters. The second-order valence-corrected chi connectivity index (χ2v) is 4.21. The predicted octanol–water partition coefficient (Wildman–Crippen LogP) is 1.74. The lowest BCUT2D eigenvalue weighted by Gasteiger charge is -2.23. The summed E-state index contributed by atoms with van der Waals surface area (Å²) >= 11 is 5.53. The molecule has 1 rings (SSSR count). The van der Waals surface area contributed by atoms with E-state index in [4.69, 9.17) is 21.1 Å². The lowest BCUT2D eigenvalue weighted by molar-refractivity contribution is 0.0581. The summed E-state index contributed by atoms with van der Waals surface area (Å²) in [6, 6.07) is 0. The van der Waals surface area contributed by atoms with E-state index >= 15 is 0 Å². The molecule has 0 radical (unpaired) electrons. The molecule has 0 spiro atoms. The fourth-order valence-electron chi connectivity index (χ4n) is 1.81. The average Bonchev–Trinajstić information content (AvgIpc) is 2.75. The van der Waals surface area contributed by atoms with Crippen molar-refractivity contribution in [1.82, 2.24) is 4.90 Å². The lowest BCUT2D eigenvalue weighted by atomic mass is 10.2. The zero-order valence-corrected chi connectivity index (χ0v) is 10.3. The normalized spacial score (nSPS) is 21.4. The van der Waals surface area contributed by atoms with E-state index in [0.29, 0.717) is 18.6 Å². The maximum Gasteiger partial charge on any atom is 0.0702 e. The second-order valence-electron chi connectivity index (χ2n) is 3.83. The molecule has 0 aromatic heterocycles. The van der Waals surface area contributed by atoms with Gasteiger partial charge in [0.05, 0.1) is 19.3 Å². The van der Waals surface area contributed by atoms with Gasteiger partial charge >= 0.3 is 0 Å². The Labute approximate surface area is 97.7 Å². The third kappa shape index (κ3) is 5.71. The molecule has 1 unspecified atom stereocenters. The van der Waals surface area contributed by atoms with Gasteiger partial charge in [0.1, 0.15) is 0 Å². The number of likely N-dealkylation sites (N-methyl/N-ethyl adjacent to an activating group) is 1.